The van der Waals surface area contributed by atoms with Gasteiger partial charge in [-0.25, -0.2) is 4.79 Å². The van der Waals surface area contributed by atoms with Crippen LogP contribution in [-0.2, 0) is 9.53 Å². The first-order chi connectivity index (χ1) is 10.1. The molecule has 0 bridgehead atoms. The molecule has 0 radical (unpaired) electrons. The van der Waals surface area contributed by atoms with Crippen LogP contribution in [0.3, 0.4) is 0 Å². The first-order valence-corrected chi connectivity index (χ1v) is 7.02. The molecule has 1 atom stereocenters. The van der Waals surface area contributed by atoms with Gasteiger partial charge in [-0.1, -0.05) is 0 Å². The zero-order valence-corrected chi connectivity index (χ0v) is 12.2. The van der Waals surface area contributed by atoms with Gasteiger partial charge in [-0.05, 0) is 43.3 Å². The van der Waals surface area contributed by atoms with E-state index >= 15 is 0 Å². The van der Waals surface area contributed by atoms with Gasteiger partial charge < -0.3 is 19.0 Å². The summed E-state index contributed by atoms with van der Waals surface area (Å²) in [6, 6.07) is 4.57. The fourth-order valence-corrected chi connectivity index (χ4v) is 2.83. The molecule has 2 aromatic rings. The summed E-state index contributed by atoms with van der Waals surface area (Å²) in [7, 11) is 1.33. The van der Waals surface area contributed by atoms with E-state index in [9.17, 15) is 9.59 Å². The Bertz CT molecular complexity index is 764. The molecule has 21 heavy (non-hydrogen) atoms. The van der Waals surface area contributed by atoms with Crippen LogP contribution in [0.15, 0.2) is 22.6 Å². The molecule has 1 saturated heterocycles. The molecule has 1 aliphatic heterocycles. The zero-order chi connectivity index (χ0) is 15.0. The second-order valence-corrected chi connectivity index (χ2v) is 5.28. The van der Waals surface area contributed by atoms with Gasteiger partial charge in [0.2, 0.25) is 0 Å². The van der Waals surface area contributed by atoms with Gasteiger partial charge in [0.25, 0.3) is 10.7 Å². The highest BCUT2D eigenvalue weighted by Crippen LogP contribution is 2.23. The van der Waals surface area contributed by atoms with E-state index in [1.54, 1.807) is 23.1 Å². The maximum Gasteiger partial charge on any atom is 0.328 e. The topological polar surface area (TPSA) is 75.5 Å². The van der Waals surface area contributed by atoms with E-state index in [2.05, 4.69) is 4.98 Å². The van der Waals surface area contributed by atoms with Crippen molar-refractivity contribution in [2.75, 3.05) is 13.7 Å². The van der Waals surface area contributed by atoms with E-state index in [1.807, 2.05) is 0 Å². The number of carbonyl (C=O) groups excluding carboxylic acids is 2. The van der Waals surface area contributed by atoms with Crippen molar-refractivity contribution in [3.8, 4) is 0 Å². The smallest absolute Gasteiger partial charge is 0.328 e. The molecule has 2 heterocycles. The zero-order valence-electron chi connectivity index (χ0n) is 11.4. The number of H-pyrrole nitrogens is 1. The molecule has 110 valence electrons. The maximum atomic E-state index is 12.6. The van der Waals surface area contributed by atoms with Crippen LogP contribution in [0.1, 0.15) is 23.2 Å². The quantitative estimate of drug-likeness (QED) is 0.680. The normalized spacial score (nSPS) is 18.1. The molecule has 3 rings (SSSR count). The number of methoxy groups -OCH3 is 1. The Morgan fingerprint density at radius 1 is 1.48 bits per heavy atom. The molecular weight excluding hydrogens is 292 g/mol. The third kappa shape index (κ3) is 2.44. The van der Waals surface area contributed by atoms with E-state index in [0.29, 0.717) is 24.1 Å². The van der Waals surface area contributed by atoms with Crippen LogP contribution in [0, 0.1) is 4.84 Å². The van der Waals surface area contributed by atoms with Crippen molar-refractivity contribution in [2.45, 2.75) is 18.9 Å². The van der Waals surface area contributed by atoms with Crippen molar-refractivity contribution in [3.63, 3.8) is 0 Å². The molecule has 7 heteroatoms. The first kappa shape index (κ1) is 13.8. The molecule has 0 unspecified atom stereocenters. The largest absolute Gasteiger partial charge is 0.467 e. The SMILES string of the molecule is COC(=O)[C@H]1CCCN1C(=O)c1ccc2[nH]c(=S)oc2c1. The minimum atomic E-state index is -0.504. The van der Waals surface area contributed by atoms with Crippen molar-refractivity contribution < 1.29 is 18.7 Å². The van der Waals surface area contributed by atoms with E-state index in [1.165, 1.54) is 7.11 Å². The summed E-state index contributed by atoms with van der Waals surface area (Å²) in [5.41, 5.74) is 1.73. The molecular formula is C14H14N2O4S. The van der Waals surface area contributed by atoms with E-state index in [4.69, 9.17) is 21.4 Å². The van der Waals surface area contributed by atoms with E-state index < -0.39 is 6.04 Å². The molecule has 1 aromatic carbocycles. The highest BCUT2D eigenvalue weighted by atomic mass is 32.1. The van der Waals surface area contributed by atoms with Gasteiger partial charge in [0.05, 0.1) is 12.6 Å². The number of oxazole rings is 1. The molecule has 1 aliphatic rings. The Morgan fingerprint density at radius 3 is 3.05 bits per heavy atom. The Kier molecular flexibility index (Phi) is 3.50. The molecule has 6 nitrogen and oxygen atoms in total. The number of ether oxygens (including phenoxy) is 1. The third-order valence-corrected chi connectivity index (χ3v) is 3.84. The van der Waals surface area contributed by atoms with Gasteiger partial charge >= 0.3 is 5.97 Å². The summed E-state index contributed by atoms with van der Waals surface area (Å²) in [6.07, 6.45) is 1.42. The molecule has 1 fully saturated rings. The minimum Gasteiger partial charge on any atom is -0.467 e. The van der Waals surface area contributed by atoms with Crippen molar-refractivity contribution in [1.29, 1.82) is 0 Å². The van der Waals surface area contributed by atoms with Gasteiger partial charge in [-0.15, -0.1) is 0 Å². The number of nitrogens with one attached hydrogen (secondary N) is 1. The second-order valence-electron chi connectivity index (χ2n) is 4.91. The fraction of sp³-hybridized carbons (Fsp3) is 0.357. The highest BCUT2D eigenvalue weighted by Gasteiger charge is 2.35. The molecule has 0 spiro atoms. The number of esters is 1. The Labute approximate surface area is 125 Å². The summed E-state index contributed by atoms with van der Waals surface area (Å²) in [5, 5.41) is 0. The van der Waals surface area contributed by atoms with Crippen molar-refractivity contribution in [1.82, 2.24) is 9.88 Å². The van der Waals surface area contributed by atoms with Gasteiger partial charge in [-0.3, -0.25) is 4.79 Å². The molecule has 1 amide bonds. The predicted octanol–water partition coefficient (Wildman–Crippen LogP) is 2.27. The number of rotatable bonds is 2. The van der Waals surface area contributed by atoms with Crippen LogP contribution in [0.5, 0.6) is 0 Å². The minimum absolute atomic E-state index is 0.202. The Balaban J connectivity index is 1.92. The number of aromatic nitrogens is 1. The summed E-state index contributed by atoms with van der Waals surface area (Å²) >= 11 is 4.92. The fourth-order valence-electron chi connectivity index (χ4n) is 2.64. The lowest BCUT2D eigenvalue weighted by Crippen LogP contribution is -2.41. The maximum absolute atomic E-state index is 12.6. The van der Waals surface area contributed by atoms with E-state index in [0.717, 1.165) is 11.9 Å². The summed E-state index contributed by atoms with van der Waals surface area (Å²) < 4.78 is 10.1. The second kappa shape index (κ2) is 5.33. The number of hydrogen-bond donors (Lipinski definition) is 1. The number of likely N-dealkylation sites (tertiary alicyclic amines) is 1. The van der Waals surface area contributed by atoms with Gasteiger partial charge in [-0.2, -0.15) is 0 Å². The van der Waals surface area contributed by atoms with E-state index in [-0.39, 0.29) is 16.7 Å². The Morgan fingerprint density at radius 2 is 2.29 bits per heavy atom. The van der Waals surface area contributed by atoms with Crippen LogP contribution in [0.2, 0.25) is 0 Å². The van der Waals surface area contributed by atoms with Crippen molar-refractivity contribution in [3.05, 3.63) is 28.6 Å². The highest BCUT2D eigenvalue weighted by molar-refractivity contribution is 7.71. The van der Waals surface area contributed by atoms with Gasteiger partial charge in [0.15, 0.2) is 5.58 Å². The lowest BCUT2D eigenvalue weighted by molar-refractivity contribution is -0.145. The number of aromatic amines is 1. The Hall–Kier alpha value is -2.15. The number of nitrogens with zero attached hydrogens (tertiary/aromatic N) is 1. The van der Waals surface area contributed by atoms with Gasteiger partial charge in [0, 0.05) is 12.1 Å². The summed E-state index contributed by atoms with van der Waals surface area (Å²) in [4.78, 5) is 29.0. The van der Waals surface area contributed by atoms with Gasteiger partial charge in [0.1, 0.15) is 6.04 Å². The van der Waals surface area contributed by atoms with Crippen LogP contribution in [-0.4, -0.2) is 41.5 Å². The van der Waals surface area contributed by atoms with Crippen LogP contribution in [0.25, 0.3) is 11.1 Å². The molecule has 1 aromatic heterocycles. The average Bonchev–Trinajstić information content (AvgIpc) is 3.09. The predicted molar refractivity (Wildman–Crippen MR) is 77.5 cm³/mol. The summed E-state index contributed by atoms with van der Waals surface area (Å²) in [6.45, 7) is 0.549. The summed E-state index contributed by atoms with van der Waals surface area (Å²) in [5.74, 6) is -0.576. The first-order valence-electron chi connectivity index (χ1n) is 6.62. The van der Waals surface area contributed by atoms with Crippen LogP contribution >= 0.6 is 12.2 Å². The molecule has 0 saturated carbocycles. The number of benzene rings is 1. The average molecular weight is 306 g/mol. The van der Waals surface area contributed by atoms with Crippen LogP contribution < -0.4 is 0 Å². The lowest BCUT2D eigenvalue weighted by Gasteiger charge is -2.22. The molecule has 1 N–H and O–H groups in total. The van der Waals surface area contributed by atoms with Crippen molar-refractivity contribution >= 4 is 35.2 Å². The molecule has 0 aliphatic carbocycles. The number of fused-ring (bicyclic) bond motifs is 1. The number of hydrogen-bond acceptors (Lipinski definition) is 5. The van der Waals surface area contributed by atoms with Crippen LogP contribution in [0.4, 0.5) is 0 Å². The third-order valence-electron chi connectivity index (χ3n) is 3.65. The number of amides is 1. The standard InChI is InChI=1S/C14H14N2O4S/c1-19-13(18)10-3-2-6-16(10)12(17)8-4-5-9-11(7-8)20-14(21)15-9/h4-5,7,10H,2-3,6H2,1H3,(H,15,21)/t10-/m1/s1. The lowest BCUT2D eigenvalue weighted by atomic mass is 10.1. The number of carbonyl (C=O) groups is 2. The van der Waals surface area contributed by atoms with Crippen molar-refractivity contribution in [2.24, 2.45) is 0 Å². The monoisotopic (exact) mass is 306 g/mol.